The van der Waals surface area contributed by atoms with E-state index in [4.69, 9.17) is 16.3 Å². The Kier molecular flexibility index (Phi) is 6.90. The number of carbonyl (C=O) groups excluding carboxylic acids is 1. The number of carbonyl (C=O) groups is 1. The minimum atomic E-state index is -0.0505. The van der Waals surface area contributed by atoms with Gasteiger partial charge in [0, 0.05) is 41.8 Å². The summed E-state index contributed by atoms with van der Waals surface area (Å²) >= 11 is 6.00. The van der Waals surface area contributed by atoms with Crippen LogP contribution in [-0.4, -0.2) is 37.0 Å². The number of halogens is 1. The first-order chi connectivity index (χ1) is 15.1. The average Bonchev–Trinajstić information content (AvgIpc) is 2.80. The van der Waals surface area contributed by atoms with Gasteiger partial charge in [0.05, 0.1) is 7.11 Å². The third-order valence-corrected chi connectivity index (χ3v) is 6.00. The van der Waals surface area contributed by atoms with Gasteiger partial charge in [-0.05, 0) is 54.3 Å². The Hall–Kier alpha value is -2.82. The fraction of sp³-hybridized carbons (Fsp3) is 0.269. The third-order valence-electron chi connectivity index (χ3n) is 5.76. The summed E-state index contributed by atoms with van der Waals surface area (Å²) in [5, 5.41) is 3.73. The van der Waals surface area contributed by atoms with Crippen molar-refractivity contribution >= 4 is 17.5 Å². The molecule has 1 aliphatic rings. The standard InChI is InChI=1S/C26H27ClN2O2/c1-31-25-11-3-2-10-24(25)20-7-4-6-19(16-20)18-29-14-12-23(13-15-29)28-26(30)21-8-5-9-22(27)17-21/h2-11,16-17,23H,12-15,18H2,1H3,(H,28,30). The topological polar surface area (TPSA) is 41.6 Å². The quantitative estimate of drug-likeness (QED) is 0.564. The number of nitrogens with one attached hydrogen (secondary N) is 1. The van der Waals surface area contributed by atoms with Crippen molar-refractivity contribution in [2.75, 3.05) is 20.2 Å². The van der Waals surface area contributed by atoms with Gasteiger partial charge in [-0.25, -0.2) is 0 Å². The smallest absolute Gasteiger partial charge is 0.251 e. The van der Waals surface area contributed by atoms with Gasteiger partial charge in [0.25, 0.3) is 5.91 Å². The lowest BCUT2D eigenvalue weighted by Gasteiger charge is -2.32. The van der Waals surface area contributed by atoms with E-state index in [0.717, 1.165) is 43.8 Å². The fourth-order valence-corrected chi connectivity index (χ4v) is 4.30. The van der Waals surface area contributed by atoms with Crippen LogP contribution in [0.15, 0.2) is 72.8 Å². The number of amides is 1. The molecule has 5 heteroatoms. The molecule has 1 amide bonds. The summed E-state index contributed by atoms with van der Waals surface area (Å²) in [6.45, 7) is 2.82. The van der Waals surface area contributed by atoms with Crippen molar-refractivity contribution in [2.45, 2.75) is 25.4 Å². The van der Waals surface area contributed by atoms with E-state index < -0.39 is 0 Å². The summed E-state index contributed by atoms with van der Waals surface area (Å²) in [7, 11) is 1.71. The molecule has 3 aromatic carbocycles. The molecule has 3 aromatic rings. The molecule has 0 unspecified atom stereocenters. The summed E-state index contributed by atoms with van der Waals surface area (Å²) in [4.78, 5) is 14.9. The van der Waals surface area contributed by atoms with Crippen LogP contribution in [0.3, 0.4) is 0 Å². The van der Waals surface area contributed by atoms with Gasteiger partial charge in [0.2, 0.25) is 0 Å². The normalized spacial score (nSPS) is 14.9. The molecule has 0 aromatic heterocycles. The average molecular weight is 435 g/mol. The van der Waals surface area contributed by atoms with Crippen LogP contribution in [0.4, 0.5) is 0 Å². The maximum atomic E-state index is 12.5. The zero-order valence-corrected chi connectivity index (χ0v) is 18.4. The molecular formula is C26H27ClN2O2. The number of hydrogen-bond donors (Lipinski definition) is 1. The summed E-state index contributed by atoms with van der Waals surface area (Å²) in [6, 6.07) is 24.0. The summed E-state index contributed by atoms with van der Waals surface area (Å²) < 4.78 is 5.52. The molecule has 0 saturated carbocycles. The molecule has 31 heavy (non-hydrogen) atoms. The van der Waals surface area contributed by atoms with E-state index in [0.29, 0.717) is 10.6 Å². The fourth-order valence-electron chi connectivity index (χ4n) is 4.11. The van der Waals surface area contributed by atoms with Crippen molar-refractivity contribution in [1.82, 2.24) is 10.2 Å². The maximum absolute atomic E-state index is 12.5. The minimum Gasteiger partial charge on any atom is -0.496 e. The third kappa shape index (κ3) is 5.46. The molecule has 4 nitrogen and oxygen atoms in total. The number of para-hydroxylation sites is 1. The number of ether oxygens (including phenoxy) is 1. The van der Waals surface area contributed by atoms with Gasteiger partial charge >= 0.3 is 0 Å². The highest BCUT2D eigenvalue weighted by Gasteiger charge is 2.21. The molecule has 1 aliphatic heterocycles. The molecular weight excluding hydrogens is 408 g/mol. The van der Waals surface area contributed by atoms with Gasteiger partial charge in [-0.1, -0.05) is 54.1 Å². The van der Waals surface area contributed by atoms with Crippen molar-refractivity contribution in [3.63, 3.8) is 0 Å². The van der Waals surface area contributed by atoms with E-state index in [2.05, 4.69) is 40.5 Å². The van der Waals surface area contributed by atoms with Crippen LogP contribution in [0.5, 0.6) is 5.75 Å². The maximum Gasteiger partial charge on any atom is 0.251 e. The Morgan fingerprint density at radius 2 is 1.81 bits per heavy atom. The number of benzene rings is 3. The van der Waals surface area contributed by atoms with Gasteiger partial charge in [0.15, 0.2) is 0 Å². The Morgan fingerprint density at radius 1 is 1.03 bits per heavy atom. The van der Waals surface area contributed by atoms with Gasteiger partial charge in [-0.15, -0.1) is 0 Å². The lowest BCUT2D eigenvalue weighted by atomic mass is 10.0. The van der Waals surface area contributed by atoms with E-state index in [9.17, 15) is 4.79 Å². The molecule has 0 radical (unpaired) electrons. The SMILES string of the molecule is COc1ccccc1-c1cccc(CN2CCC(NC(=O)c3cccc(Cl)c3)CC2)c1. The van der Waals surface area contributed by atoms with Crippen LogP contribution >= 0.6 is 11.6 Å². The Labute approximate surface area is 188 Å². The van der Waals surface area contributed by atoms with Gasteiger partial charge in [-0.3, -0.25) is 9.69 Å². The molecule has 0 bridgehead atoms. The Morgan fingerprint density at radius 3 is 2.58 bits per heavy atom. The molecule has 1 fully saturated rings. The first-order valence-electron chi connectivity index (χ1n) is 10.6. The van der Waals surface area contributed by atoms with Crippen molar-refractivity contribution in [1.29, 1.82) is 0 Å². The van der Waals surface area contributed by atoms with Crippen molar-refractivity contribution < 1.29 is 9.53 Å². The second-order valence-corrected chi connectivity index (χ2v) is 8.37. The minimum absolute atomic E-state index is 0.0505. The van der Waals surface area contributed by atoms with Gasteiger partial charge in [0.1, 0.15) is 5.75 Å². The largest absolute Gasteiger partial charge is 0.496 e. The summed E-state index contributed by atoms with van der Waals surface area (Å²) in [5.74, 6) is 0.835. The van der Waals surface area contributed by atoms with Crippen LogP contribution in [0.25, 0.3) is 11.1 Å². The Balaban J connectivity index is 1.33. The monoisotopic (exact) mass is 434 g/mol. The number of methoxy groups -OCH3 is 1. The van der Waals surface area contributed by atoms with Crippen molar-refractivity contribution in [2.24, 2.45) is 0 Å². The van der Waals surface area contributed by atoms with Crippen LogP contribution in [0, 0.1) is 0 Å². The molecule has 1 N–H and O–H groups in total. The zero-order chi connectivity index (χ0) is 21.6. The van der Waals surface area contributed by atoms with Crippen LogP contribution in [0.1, 0.15) is 28.8 Å². The number of likely N-dealkylation sites (tertiary alicyclic amines) is 1. The van der Waals surface area contributed by atoms with E-state index in [1.165, 1.54) is 11.1 Å². The molecule has 1 saturated heterocycles. The van der Waals surface area contributed by atoms with Crippen LogP contribution in [0.2, 0.25) is 5.02 Å². The summed E-state index contributed by atoms with van der Waals surface area (Å²) in [5.41, 5.74) is 4.17. The highest BCUT2D eigenvalue weighted by atomic mass is 35.5. The lowest BCUT2D eigenvalue weighted by Crippen LogP contribution is -2.44. The van der Waals surface area contributed by atoms with E-state index >= 15 is 0 Å². The lowest BCUT2D eigenvalue weighted by molar-refractivity contribution is 0.0909. The Bertz CT molecular complexity index is 1040. The molecule has 4 rings (SSSR count). The second kappa shape index (κ2) is 9.99. The predicted octanol–water partition coefficient (Wildman–Crippen LogP) is 5.41. The van der Waals surface area contributed by atoms with E-state index in [1.54, 1.807) is 31.4 Å². The number of nitrogens with zero attached hydrogens (tertiary/aromatic N) is 1. The number of piperidine rings is 1. The number of hydrogen-bond acceptors (Lipinski definition) is 3. The predicted molar refractivity (Wildman–Crippen MR) is 126 cm³/mol. The second-order valence-electron chi connectivity index (χ2n) is 7.93. The molecule has 1 heterocycles. The highest BCUT2D eigenvalue weighted by molar-refractivity contribution is 6.30. The van der Waals surface area contributed by atoms with Crippen molar-refractivity contribution in [3.8, 4) is 16.9 Å². The highest BCUT2D eigenvalue weighted by Crippen LogP contribution is 2.30. The molecule has 0 aliphatic carbocycles. The van der Waals surface area contributed by atoms with E-state index in [1.807, 2.05) is 18.2 Å². The zero-order valence-electron chi connectivity index (χ0n) is 17.7. The first kappa shape index (κ1) is 21.4. The van der Waals surface area contributed by atoms with E-state index in [-0.39, 0.29) is 11.9 Å². The van der Waals surface area contributed by atoms with Crippen LogP contribution in [-0.2, 0) is 6.54 Å². The van der Waals surface area contributed by atoms with Crippen molar-refractivity contribution in [3.05, 3.63) is 88.9 Å². The first-order valence-corrected chi connectivity index (χ1v) is 11.0. The van der Waals surface area contributed by atoms with Crippen LogP contribution < -0.4 is 10.1 Å². The van der Waals surface area contributed by atoms with Gasteiger partial charge in [-0.2, -0.15) is 0 Å². The summed E-state index contributed by atoms with van der Waals surface area (Å²) in [6.07, 6.45) is 1.89. The van der Waals surface area contributed by atoms with Gasteiger partial charge < -0.3 is 10.1 Å². The molecule has 0 spiro atoms. The number of rotatable bonds is 6. The molecule has 0 atom stereocenters. The molecule has 160 valence electrons.